The van der Waals surface area contributed by atoms with Crippen LogP contribution in [0.15, 0.2) is 0 Å². The van der Waals surface area contributed by atoms with Crippen LogP contribution in [0.4, 0.5) is 0 Å². The molecule has 1 unspecified atom stereocenters. The fourth-order valence-corrected chi connectivity index (χ4v) is 2.85. The number of piperazine rings is 1. The molecule has 1 atom stereocenters. The van der Waals surface area contributed by atoms with Crippen LogP contribution in [0.3, 0.4) is 0 Å². The van der Waals surface area contributed by atoms with E-state index in [0.29, 0.717) is 6.04 Å². The van der Waals surface area contributed by atoms with E-state index in [1.165, 1.54) is 0 Å². The highest BCUT2D eigenvalue weighted by Crippen LogP contribution is 2.19. The van der Waals surface area contributed by atoms with Crippen molar-refractivity contribution in [1.82, 2.24) is 20.0 Å². The van der Waals surface area contributed by atoms with Gasteiger partial charge in [0.05, 0.1) is 11.3 Å². The lowest BCUT2D eigenvalue weighted by atomic mass is 10.1. The van der Waals surface area contributed by atoms with Crippen molar-refractivity contribution in [2.75, 3.05) is 19.6 Å². The molecule has 0 spiro atoms. The summed E-state index contributed by atoms with van der Waals surface area (Å²) in [5.74, 6) is 0.142. The number of carbonyl (C=O) groups is 1. The summed E-state index contributed by atoms with van der Waals surface area (Å²) in [7, 11) is 1.89. The minimum Gasteiger partial charge on any atom is -0.333 e. The Labute approximate surface area is 115 Å². The molecule has 1 aliphatic rings. The number of aryl methyl sites for hydroxylation is 2. The Morgan fingerprint density at radius 2 is 2.21 bits per heavy atom. The number of rotatable bonds is 3. The molecule has 0 bridgehead atoms. The zero-order valence-electron chi connectivity index (χ0n) is 12.4. The van der Waals surface area contributed by atoms with Crippen molar-refractivity contribution >= 4 is 5.91 Å². The van der Waals surface area contributed by atoms with Gasteiger partial charge in [0.25, 0.3) is 5.91 Å². The minimum absolute atomic E-state index is 0.142. The second kappa shape index (κ2) is 5.74. The van der Waals surface area contributed by atoms with Gasteiger partial charge in [-0.1, -0.05) is 13.3 Å². The molecular formula is C14H24N4O. The molecule has 5 heteroatoms. The summed E-state index contributed by atoms with van der Waals surface area (Å²) in [6, 6.07) is 0.310. The molecule has 1 aromatic rings. The monoisotopic (exact) mass is 264 g/mol. The van der Waals surface area contributed by atoms with E-state index in [2.05, 4.69) is 17.3 Å². The molecule has 106 valence electrons. The van der Waals surface area contributed by atoms with Gasteiger partial charge in [-0.3, -0.25) is 9.48 Å². The van der Waals surface area contributed by atoms with Crippen molar-refractivity contribution in [3.05, 3.63) is 17.0 Å². The van der Waals surface area contributed by atoms with Gasteiger partial charge in [-0.15, -0.1) is 0 Å². The number of hydrogen-bond donors (Lipinski definition) is 1. The first kappa shape index (κ1) is 14.1. The number of nitrogens with one attached hydrogen (secondary N) is 1. The van der Waals surface area contributed by atoms with Gasteiger partial charge in [0, 0.05) is 38.4 Å². The predicted molar refractivity (Wildman–Crippen MR) is 75.3 cm³/mol. The summed E-state index contributed by atoms with van der Waals surface area (Å²) >= 11 is 0. The molecule has 0 saturated carbocycles. The van der Waals surface area contributed by atoms with Crippen LogP contribution >= 0.6 is 0 Å². The molecule has 1 fully saturated rings. The van der Waals surface area contributed by atoms with E-state index in [-0.39, 0.29) is 5.91 Å². The van der Waals surface area contributed by atoms with Gasteiger partial charge in [-0.05, 0) is 20.3 Å². The highest BCUT2D eigenvalue weighted by Gasteiger charge is 2.29. The second-order valence-electron chi connectivity index (χ2n) is 5.31. The quantitative estimate of drug-likeness (QED) is 0.894. The van der Waals surface area contributed by atoms with Crippen LogP contribution in [-0.2, 0) is 7.05 Å². The number of hydrogen-bond acceptors (Lipinski definition) is 3. The van der Waals surface area contributed by atoms with Crippen LogP contribution in [0.5, 0.6) is 0 Å². The van der Waals surface area contributed by atoms with Crippen LogP contribution in [0.2, 0.25) is 0 Å². The van der Waals surface area contributed by atoms with Crippen LogP contribution in [0.25, 0.3) is 0 Å². The summed E-state index contributed by atoms with van der Waals surface area (Å²) in [4.78, 5) is 14.8. The van der Waals surface area contributed by atoms with Gasteiger partial charge >= 0.3 is 0 Å². The first-order valence-electron chi connectivity index (χ1n) is 7.08. The summed E-state index contributed by atoms with van der Waals surface area (Å²) < 4.78 is 1.79. The summed E-state index contributed by atoms with van der Waals surface area (Å²) in [5.41, 5.74) is 2.57. The molecular weight excluding hydrogens is 240 g/mol. The molecule has 2 heterocycles. The minimum atomic E-state index is 0.142. The van der Waals surface area contributed by atoms with E-state index in [0.717, 1.165) is 49.4 Å². The number of nitrogens with zero attached hydrogens (tertiary/aromatic N) is 3. The van der Waals surface area contributed by atoms with Crippen LogP contribution in [0.1, 0.15) is 41.5 Å². The van der Waals surface area contributed by atoms with E-state index < -0.39 is 0 Å². The summed E-state index contributed by atoms with van der Waals surface area (Å²) in [5, 5.41) is 7.73. The van der Waals surface area contributed by atoms with Gasteiger partial charge < -0.3 is 10.2 Å². The summed E-state index contributed by atoms with van der Waals surface area (Å²) in [6.07, 6.45) is 2.15. The Hall–Kier alpha value is -1.36. The molecule has 0 aliphatic carbocycles. The van der Waals surface area contributed by atoms with Crippen molar-refractivity contribution in [2.24, 2.45) is 7.05 Å². The van der Waals surface area contributed by atoms with Gasteiger partial charge in [0.2, 0.25) is 0 Å². The lowest BCUT2D eigenvalue weighted by molar-refractivity contribution is 0.0623. The van der Waals surface area contributed by atoms with Crippen molar-refractivity contribution in [3.8, 4) is 0 Å². The molecule has 1 amide bonds. The van der Waals surface area contributed by atoms with Gasteiger partial charge in [-0.25, -0.2) is 0 Å². The van der Waals surface area contributed by atoms with Crippen molar-refractivity contribution < 1.29 is 4.79 Å². The molecule has 5 nitrogen and oxygen atoms in total. The SMILES string of the molecule is CCCC1CNCCN1C(=O)c1c(C)nn(C)c1C. The van der Waals surface area contributed by atoms with Gasteiger partial charge in [0.1, 0.15) is 0 Å². The molecule has 1 N–H and O–H groups in total. The molecule has 1 aromatic heterocycles. The maximum Gasteiger partial charge on any atom is 0.257 e. The van der Waals surface area contributed by atoms with Gasteiger partial charge in [-0.2, -0.15) is 5.10 Å². The largest absolute Gasteiger partial charge is 0.333 e. The molecule has 1 aliphatic heterocycles. The average molecular weight is 264 g/mol. The van der Waals surface area contributed by atoms with Crippen LogP contribution in [-0.4, -0.2) is 46.3 Å². The number of amides is 1. The topological polar surface area (TPSA) is 50.2 Å². The zero-order chi connectivity index (χ0) is 14.0. The third-order valence-corrected chi connectivity index (χ3v) is 3.96. The lowest BCUT2D eigenvalue weighted by Crippen LogP contribution is -2.53. The maximum absolute atomic E-state index is 12.8. The van der Waals surface area contributed by atoms with E-state index in [1.807, 2.05) is 25.8 Å². The van der Waals surface area contributed by atoms with Gasteiger partial charge in [0.15, 0.2) is 0 Å². The highest BCUT2D eigenvalue weighted by molar-refractivity contribution is 5.96. The maximum atomic E-state index is 12.8. The zero-order valence-corrected chi connectivity index (χ0v) is 12.4. The third-order valence-electron chi connectivity index (χ3n) is 3.96. The van der Waals surface area contributed by atoms with E-state index in [1.54, 1.807) is 4.68 Å². The Morgan fingerprint density at radius 1 is 1.47 bits per heavy atom. The molecule has 0 radical (unpaired) electrons. The fraction of sp³-hybridized carbons (Fsp3) is 0.714. The highest BCUT2D eigenvalue weighted by atomic mass is 16.2. The summed E-state index contributed by atoms with van der Waals surface area (Å²) in [6.45, 7) is 8.61. The van der Waals surface area contributed by atoms with Crippen LogP contribution < -0.4 is 5.32 Å². The van der Waals surface area contributed by atoms with E-state index in [4.69, 9.17) is 0 Å². The fourth-order valence-electron chi connectivity index (χ4n) is 2.85. The molecule has 2 rings (SSSR count). The van der Waals surface area contributed by atoms with Crippen molar-refractivity contribution in [2.45, 2.75) is 39.7 Å². The smallest absolute Gasteiger partial charge is 0.257 e. The Balaban J connectivity index is 2.26. The molecule has 19 heavy (non-hydrogen) atoms. The van der Waals surface area contributed by atoms with Crippen molar-refractivity contribution in [3.63, 3.8) is 0 Å². The Morgan fingerprint density at radius 3 is 2.79 bits per heavy atom. The Kier molecular flexibility index (Phi) is 4.24. The predicted octanol–water partition coefficient (Wildman–Crippen LogP) is 1.25. The standard InChI is InChI=1S/C14H24N4O/c1-5-6-12-9-15-7-8-18(12)14(19)13-10(2)16-17(4)11(13)3/h12,15H,5-9H2,1-4H3. The molecule has 1 saturated heterocycles. The average Bonchev–Trinajstić information content (AvgIpc) is 2.64. The van der Waals surface area contributed by atoms with E-state index in [9.17, 15) is 4.79 Å². The molecule has 0 aromatic carbocycles. The van der Waals surface area contributed by atoms with Crippen molar-refractivity contribution in [1.29, 1.82) is 0 Å². The number of carbonyl (C=O) groups excluding carboxylic acids is 1. The first-order valence-corrected chi connectivity index (χ1v) is 7.08. The third kappa shape index (κ3) is 2.66. The first-order chi connectivity index (χ1) is 9.06. The van der Waals surface area contributed by atoms with Crippen LogP contribution in [0, 0.1) is 13.8 Å². The Bertz CT molecular complexity index is 464. The number of aromatic nitrogens is 2. The normalized spacial score (nSPS) is 19.8. The lowest BCUT2D eigenvalue weighted by Gasteiger charge is -2.36. The second-order valence-corrected chi connectivity index (χ2v) is 5.31. The van der Waals surface area contributed by atoms with E-state index >= 15 is 0 Å².